The third kappa shape index (κ3) is 4.84. The molecule has 2 aromatic carbocycles. The van der Waals surface area contributed by atoms with Gasteiger partial charge in [-0.3, -0.25) is 9.36 Å². The van der Waals surface area contributed by atoms with Gasteiger partial charge in [0.1, 0.15) is 11.5 Å². The summed E-state index contributed by atoms with van der Waals surface area (Å²) in [6, 6.07) is 18.3. The Labute approximate surface area is 189 Å². The van der Waals surface area contributed by atoms with Crippen molar-refractivity contribution in [3.8, 4) is 17.1 Å². The van der Waals surface area contributed by atoms with E-state index in [1.807, 2.05) is 47.9 Å². The van der Waals surface area contributed by atoms with Crippen molar-refractivity contribution in [2.45, 2.75) is 23.9 Å². The molecule has 0 aliphatic rings. The molecule has 158 valence electrons. The number of hydrogen-bond donors (Lipinski definition) is 0. The number of ketones is 1. The molecule has 2 aromatic heterocycles. The number of hydrogen-bond acceptors (Lipinski definition) is 6. The molecule has 2 heterocycles. The SMILES string of the molecule is COc1cccc(-c2nnc(S[C@@H](C)C(=O)c3cccc(Cl)c3)n2Cc2ccco2)c1. The summed E-state index contributed by atoms with van der Waals surface area (Å²) in [4.78, 5) is 12.9. The lowest BCUT2D eigenvalue weighted by atomic mass is 10.1. The van der Waals surface area contributed by atoms with E-state index in [1.165, 1.54) is 11.8 Å². The summed E-state index contributed by atoms with van der Waals surface area (Å²) in [5.41, 5.74) is 1.43. The van der Waals surface area contributed by atoms with Gasteiger partial charge in [-0.1, -0.05) is 47.6 Å². The fraction of sp³-hybridized carbons (Fsp3) is 0.174. The van der Waals surface area contributed by atoms with Crippen LogP contribution in [-0.2, 0) is 6.54 Å². The molecule has 0 spiro atoms. The normalized spacial score (nSPS) is 12.0. The molecule has 0 radical (unpaired) electrons. The second-order valence-electron chi connectivity index (χ2n) is 6.84. The number of methoxy groups -OCH3 is 1. The third-order valence-corrected chi connectivity index (χ3v) is 6.01. The van der Waals surface area contributed by atoms with Crippen molar-refractivity contribution in [2.24, 2.45) is 0 Å². The molecule has 4 aromatic rings. The van der Waals surface area contributed by atoms with Gasteiger partial charge in [0.05, 0.1) is 25.2 Å². The fourth-order valence-electron chi connectivity index (χ4n) is 3.14. The summed E-state index contributed by atoms with van der Waals surface area (Å²) >= 11 is 7.40. The van der Waals surface area contributed by atoms with E-state index in [0.29, 0.717) is 28.1 Å². The number of nitrogens with zero attached hydrogens (tertiary/aromatic N) is 3. The topological polar surface area (TPSA) is 70.2 Å². The minimum absolute atomic E-state index is 0.0250. The minimum atomic E-state index is -0.379. The molecule has 8 heteroatoms. The zero-order valence-electron chi connectivity index (χ0n) is 17.0. The molecule has 0 aliphatic heterocycles. The highest BCUT2D eigenvalue weighted by Gasteiger charge is 2.23. The van der Waals surface area contributed by atoms with Crippen molar-refractivity contribution < 1.29 is 13.9 Å². The van der Waals surface area contributed by atoms with Gasteiger partial charge in [-0.15, -0.1) is 10.2 Å². The molecule has 0 amide bonds. The van der Waals surface area contributed by atoms with Gasteiger partial charge in [-0.05, 0) is 43.3 Å². The molecule has 0 aliphatic carbocycles. The molecule has 0 N–H and O–H groups in total. The monoisotopic (exact) mass is 453 g/mol. The lowest BCUT2D eigenvalue weighted by Crippen LogP contribution is -2.15. The third-order valence-electron chi connectivity index (χ3n) is 4.70. The summed E-state index contributed by atoms with van der Waals surface area (Å²) in [6.45, 7) is 2.29. The van der Waals surface area contributed by atoms with E-state index in [9.17, 15) is 4.79 Å². The number of furan rings is 1. The van der Waals surface area contributed by atoms with E-state index in [2.05, 4.69) is 10.2 Å². The molecular formula is C23H20ClN3O3S. The number of aromatic nitrogens is 3. The largest absolute Gasteiger partial charge is 0.497 e. The molecule has 0 fully saturated rings. The van der Waals surface area contributed by atoms with Gasteiger partial charge in [0.2, 0.25) is 0 Å². The van der Waals surface area contributed by atoms with Crippen LogP contribution in [0.4, 0.5) is 0 Å². The number of rotatable bonds is 8. The zero-order chi connectivity index (χ0) is 21.8. The van der Waals surface area contributed by atoms with Crippen molar-refractivity contribution in [1.82, 2.24) is 14.8 Å². The quantitative estimate of drug-likeness (QED) is 0.255. The average molecular weight is 454 g/mol. The van der Waals surface area contributed by atoms with Crippen LogP contribution in [0.1, 0.15) is 23.0 Å². The van der Waals surface area contributed by atoms with Crippen LogP contribution in [0.3, 0.4) is 0 Å². The van der Waals surface area contributed by atoms with Crippen molar-refractivity contribution in [2.75, 3.05) is 7.11 Å². The van der Waals surface area contributed by atoms with Crippen LogP contribution in [0.15, 0.2) is 76.5 Å². The number of ether oxygens (including phenoxy) is 1. The Bertz CT molecular complexity index is 1190. The predicted octanol–water partition coefficient (Wildman–Crippen LogP) is 5.61. The van der Waals surface area contributed by atoms with E-state index in [1.54, 1.807) is 37.6 Å². The van der Waals surface area contributed by atoms with Gasteiger partial charge >= 0.3 is 0 Å². The Morgan fingerprint density at radius 2 is 2.00 bits per heavy atom. The number of thioether (sulfide) groups is 1. The summed E-state index contributed by atoms with van der Waals surface area (Å²) in [6.07, 6.45) is 1.63. The lowest BCUT2D eigenvalue weighted by molar-refractivity contribution is 0.0994. The maximum Gasteiger partial charge on any atom is 0.192 e. The molecule has 4 rings (SSSR count). The maximum absolute atomic E-state index is 12.9. The number of halogens is 1. The Balaban J connectivity index is 1.66. The van der Waals surface area contributed by atoms with Crippen LogP contribution in [-0.4, -0.2) is 32.9 Å². The van der Waals surface area contributed by atoms with E-state index in [4.69, 9.17) is 20.8 Å². The molecule has 0 saturated heterocycles. The molecule has 0 bridgehead atoms. The first-order valence-electron chi connectivity index (χ1n) is 9.61. The average Bonchev–Trinajstić information content (AvgIpc) is 3.44. The van der Waals surface area contributed by atoms with Crippen LogP contribution in [0.5, 0.6) is 5.75 Å². The number of Topliss-reactive ketones (excluding diaryl/α,β-unsaturated/α-hetero) is 1. The highest BCUT2D eigenvalue weighted by molar-refractivity contribution is 8.00. The maximum atomic E-state index is 12.9. The highest BCUT2D eigenvalue weighted by atomic mass is 35.5. The summed E-state index contributed by atoms with van der Waals surface area (Å²) in [5.74, 6) is 2.13. The summed E-state index contributed by atoms with van der Waals surface area (Å²) < 4.78 is 12.8. The highest BCUT2D eigenvalue weighted by Crippen LogP contribution is 2.30. The van der Waals surface area contributed by atoms with E-state index in [-0.39, 0.29) is 11.0 Å². The molecule has 0 saturated carbocycles. The van der Waals surface area contributed by atoms with Crippen LogP contribution >= 0.6 is 23.4 Å². The fourth-order valence-corrected chi connectivity index (χ4v) is 4.26. The first-order valence-corrected chi connectivity index (χ1v) is 10.9. The van der Waals surface area contributed by atoms with E-state index < -0.39 is 0 Å². The van der Waals surface area contributed by atoms with Crippen LogP contribution in [0.2, 0.25) is 5.02 Å². The first-order chi connectivity index (χ1) is 15.0. The Morgan fingerprint density at radius 1 is 1.16 bits per heavy atom. The van der Waals surface area contributed by atoms with Gasteiger partial charge < -0.3 is 9.15 Å². The number of carbonyl (C=O) groups is 1. The van der Waals surface area contributed by atoms with Crippen LogP contribution in [0.25, 0.3) is 11.4 Å². The Morgan fingerprint density at radius 3 is 2.74 bits per heavy atom. The molecule has 0 unspecified atom stereocenters. The van der Waals surface area contributed by atoms with E-state index in [0.717, 1.165) is 17.1 Å². The Hall–Kier alpha value is -3.03. The lowest BCUT2D eigenvalue weighted by Gasteiger charge is -2.13. The van der Waals surface area contributed by atoms with Gasteiger partial charge in [0, 0.05) is 16.1 Å². The second kappa shape index (κ2) is 9.41. The second-order valence-corrected chi connectivity index (χ2v) is 8.58. The first kappa shape index (κ1) is 21.2. The number of carbonyl (C=O) groups excluding carboxylic acids is 1. The van der Waals surface area contributed by atoms with Crippen molar-refractivity contribution in [3.63, 3.8) is 0 Å². The van der Waals surface area contributed by atoms with Crippen molar-refractivity contribution >= 4 is 29.1 Å². The van der Waals surface area contributed by atoms with Gasteiger partial charge in [0.15, 0.2) is 16.8 Å². The van der Waals surface area contributed by atoms with Crippen LogP contribution < -0.4 is 4.74 Å². The molecular weight excluding hydrogens is 434 g/mol. The van der Waals surface area contributed by atoms with Gasteiger partial charge in [0.25, 0.3) is 0 Å². The van der Waals surface area contributed by atoms with Crippen molar-refractivity contribution in [1.29, 1.82) is 0 Å². The van der Waals surface area contributed by atoms with Gasteiger partial charge in [-0.25, -0.2) is 0 Å². The standard InChI is InChI=1S/C23H20ClN3O3S/c1-15(21(28)16-6-3-8-18(24)12-16)31-23-26-25-22(17-7-4-9-19(13-17)29-2)27(23)14-20-10-5-11-30-20/h3-13,15H,14H2,1-2H3/t15-/m0/s1. The predicted molar refractivity (Wildman–Crippen MR) is 121 cm³/mol. The molecule has 6 nitrogen and oxygen atoms in total. The van der Waals surface area contributed by atoms with Crippen LogP contribution in [0, 0.1) is 0 Å². The Kier molecular flexibility index (Phi) is 6.44. The molecule has 1 atom stereocenters. The smallest absolute Gasteiger partial charge is 0.192 e. The van der Waals surface area contributed by atoms with E-state index >= 15 is 0 Å². The summed E-state index contributed by atoms with van der Waals surface area (Å²) in [5, 5.41) is 9.56. The van der Waals surface area contributed by atoms with Crippen molar-refractivity contribution in [3.05, 3.63) is 83.3 Å². The summed E-state index contributed by atoms with van der Waals surface area (Å²) in [7, 11) is 1.62. The number of benzene rings is 2. The zero-order valence-corrected chi connectivity index (χ0v) is 18.6. The molecule has 31 heavy (non-hydrogen) atoms. The minimum Gasteiger partial charge on any atom is -0.497 e. The van der Waals surface area contributed by atoms with Gasteiger partial charge in [-0.2, -0.15) is 0 Å².